The molecule has 0 radical (unpaired) electrons. The van der Waals surface area contributed by atoms with E-state index in [0.717, 1.165) is 23.4 Å². The first-order valence-electron chi connectivity index (χ1n) is 11.2. The fourth-order valence-electron chi connectivity index (χ4n) is 4.58. The highest BCUT2D eigenvalue weighted by atomic mass is 35.5. The summed E-state index contributed by atoms with van der Waals surface area (Å²) in [5.41, 5.74) is 3.14. The predicted molar refractivity (Wildman–Crippen MR) is 122 cm³/mol. The van der Waals surface area contributed by atoms with E-state index < -0.39 is 23.8 Å². The highest BCUT2D eigenvalue weighted by Gasteiger charge is 2.47. The van der Waals surface area contributed by atoms with E-state index in [4.69, 9.17) is 21.1 Å². The summed E-state index contributed by atoms with van der Waals surface area (Å²) in [6, 6.07) is 7.10. The molecule has 2 aliphatic rings. The normalized spacial score (nSPS) is 22.9. The van der Waals surface area contributed by atoms with Gasteiger partial charge >= 0.3 is 11.9 Å². The van der Waals surface area contributed by atoms with Gasteiger partial charge in [-0.05, 0) is 50.3 Å². The summed E-state index contributed by atoms with van der Waals surface area (Å²) >= 11 is 6.11. The molecule has 1 heterocycles. The fourth-order valence-corrected chi connectivity index (χ4v) is 4.71. The number of ether oxygens (including phenoxy) is 2. The molecule has 0 aromatic heterocycles. The number of dihydropyridines is 1. The third-order valence-electron chi connectivity index (χ3n) is 5.91. The first kappa shape index (κ1) is 24.1. The van der Waals surface area contributed by atoms with E-state index in [1.807, 2.05) is 26.0 Å². The van der Waals surface area contributed by atoms with Crippen LogP contribution < -0.4 is 5.32 Å². The van der Waals surface area contributed by atoms with Crippen LogP contribution >= 0.6 is 11.6 Å². The number of halogens is 1. The molecule has 172 valence electrons. The van der Waals surface area contributed by atoms with E-state index >= 15 is 0 Å². The van der Waals surface area contributed by atoms with Crippen LogP contribution in [0, 0.1) is 11.8 Å². The average Bonchev–Trinajstić information content (AvgIpc) is 2.74. The maximum absolute atomic E-state index is 13.7. The Balaban J connectivity index is 2.20. The zero-order valence-corrected chi connectivity index (χ0v) is 19.8. The van der Waals surface area contributed by atoms with Crippen molar-refractivity contribution in [3.63, 3.8) is 0 Å². The van der Waals surface area contributed by atoms with E-state index in [1.165, 1.54) is 0 Å². The summed E-state index contributed by atoms with van der Waals surface area (Å²) in [7, 11) is 0. The Kier molecular flexibility index (Phi) is 7.77. The Hall–Kier alpha value is -2.60. The van der Waals surface area contributed by atoms with Gasteiger partial charge in [-0.1, -0.05) is 44.0 Å². The van der Waals surface area contributed by atoms with Gasteiger partial charge in [-0.25, -0.2) is 4.79 Å². The number of Topliss-reactive ketones (excluding diaryl/α,β-unsaturated/α-hetero) is 1. The van der Waals surface area contributed by atoms with Crippen LogP contribution in [0.3, 0.4) is 0 Å². The lowest BCUT2D eigenvalue weighted by atomic mass is 9.69. The van der Waals surface area contributed by atoms with Gasteiger partial charge in [0.05, 0.1) is 18.8 Å². The second-order valence-electron chi connectivity index (χ2n) is 8.14. The van der Waals surface area contributed by atoms with Gasteiger partial charge in [0, 0.05) is 27.9 Å². The number of nitrogens with one attached hydrogen (secondary N) is 1. The van der Waals surface area contributed by atoms with Gasteiger partial charge in [0.2, 0.25) is 0 Å². The predicted octanol–water partition coefficient (Wildman–Crippen LogP) is 4.69. The molecule has 1 aliphatic heterocycles. The number of carbonyl (C=O) groups excluding carboxylic acids is 3. The van der Waals surface area contributed by atoms with Crippen molar-refractivity contribution in [1.82, 2.24) is 5.32 Å². The Bertz CT molecular complexity index is 963. The van der Waals surface area contributed by atoms with Gasteiger partial charge in [0.25, 0.3) is 0 Å². The molecule has 1 N–H and O–H groups in total. The van der Waals surface area contributed by atoms with Crippen molar-refractivity contribution in [2.45, 2.75) is 52.9 Å². The van der Waals surface area contributed by atoms with Gasteiger partial charge in [-0.15, -0.1) is 0 Å². The molecule has 1 aliphatic carbocycles. The van der Waals surface area contributed by atoms with Crippen molar-refractivity contribution >= 4 is 29.3 Å². The molecule has 1 aromatic carbocycles. The molecule has 1 aromatic rings. The first-order chi connectivity index (χ1) is 15.3. The molecule has 0 fully saturated rings. The largest absolute Gasteiger partial charge is 0.465 e. The van der Waals surface area contributed by atoms with Crippen molar-refractivity contribution in [3.8, 4) is 0 Å². The molecule has 0 amide bonds. The summed E-state index contributed by atoms with van der Waals surface area (Å²) < 4.78 is 10.6. The van der Waals surface area contributed by atoms with Crippen molar-refractivity contribution < 1.29 is 23.9 Å². The van der Waals surface area contributed by atoms with E-state index in [9.17, 15) is 14.4 Å². The maximum Gasteiger partial charge on any atom is 0.336 e. The van der Waals surface area contributed by atoms with Crippen LogP contribution in [-0.4, -0.2) is 30.9 Å². The minimum Gasteiger partial charge on any atom is -0.465 e. The molecule has 3 unspecified atom stereocenters. The van der Waals surface area contributed by atoms with E-state index in [2.05, 4.69) is 5.32 Å². The van der Waals surface area contributed by atoms with Crippen LogP contribution in [0.4, 0.5) is 0 Å². The topological polar surface area (TPSA) is 81.7 Å². The highest BCUT2D eigenvalue weighted by Crippen LogP contribution is 2.46. The van der Waals surface area contributed by atoms with Crippen LogP contribution in [0.15, 0.2) is 46.8 Å². The number of ketones is 1. The minimum atomic E-state index is -0.901. The number of hydrogen-bond donors (Lipinski definition) is 1. The van der Waals surface area contributed by atoms with E-state index in [0.29, 0.717) is 29.0 Å². The van der Waals surface area contributed by atoms with Gasteiger partial charge in [-0.2, -0.15) is 0 Å². The van der Waals surface area contributed by atoms with Crippen LogP contribution in [0.5, 0.6) is 0 Å². The number of allylic oxidation sites excluding steroid dienone is 3. The average molecular weight is 460 g/mol. The Morgan fingerprint density at radius 3 is 2.34 bits per heavy atom. The number of esters is 2. The third-order valence-corrected chi connectivity index (χ3v) is 6.16. The lowest BCUT2D eigenvalue weighted by molar-refractivity contribution is -0.153. The first-order valence-corrected chi connectivity index (χ1v) is 11.6. The third kappa shape index (κ3) is 4.60. The van der Waals surface area contributed by atoms with Crippen LogP contribution in [0.2, 0.25) is 5.02 Å². The number of hydrogen-bond acceptors (Lipinski definition) is 6. The summed E-state index contributed by atoms with van der Waals surface area (Å²) in [4.78, 5) is 39.5. The number of benzene rings is 1. The minimum absolute atomic E-state index is 0.203. The van der Waals surface area contributed by atoms with E-state index in [1.54, 1.807) is 26.0 Å². The molecule has 7 heteroatoms. The molecule has 3 atom stereocenters. The van der Waals surface area contributed by atoms with Crippen molar-refractivity contribution in [2.24, 2.45) is 11.8 Å². The van der Waals surface area contributed by atoms with Crippen LogP contribution in [0.1, 0.15) is 58.4 Å². The Labute approximate surface area is 194 Å². The Morgan fingerprint density at radius 2 is 1.75 bits per heavy atom. The second kappa shape index (κ2) is 10.3. The molecule has 0 saturated heterocycles. The summed E-state index contributed by atoms with van der Waals surface area (Å²) in [5.74, 6) is -3.04. The van der Waals surface area contributed by atoms with Gasteiger partial charge in [0.1, 0.15) is 5.92 Å². The molecular weight excluding hydrogens is 430 g/mol. The van der Waals surface area contributed by atoms with E-state index in [-0.39, 0.29) is 24.9 Å². The standard InChI is InChI=1S/C25H30ClNO5/c1-5-8-17-22(25(30)32-7-3)20(15-9-11-16(26)12-10-15)21-18(27-17)13-14(4)19(23(21)28)24(29)31-6-2/h9-12,14,19-20,27H,5-8,13H2,1-4H3. The number of rotatable bonds is 7. The van der Waals surface area contributed by atoms with Gasteiger partial charge in [0.15, 0.2) is 5.78 Å². The van der Waals surface area contributed by atoms with Crippen molar-refractivity contribution in [1.29, 1.82) is 0 Å². The highest BCUT2D eigenvalue weighted by molar-refractivity contribution is 6.30. The monoisotopic (exact) mass is 459 g/mol. The molecule has 3 rings (SSSR count). The lowest BCUT2D eigenvalue weighted by Gasteiger charge is -2.39. The summed E-state index contributed by atoms with van der Waals surface area (Å²) in [5, 5.41) is 3.92. The molecule has 0 saturated carbocycles. The molecular formula is C25H30ClNO5. The Morgan fingerprint density at radius 1 is 1.09 bits per heavy atom. The maximum atomic E-state index is 13.7. The summed E-state index contributed by atoms with van der Waals surface area (Å²) in [6.07, 6.45) is 1.97. The van der Waals surface area contributed by atoms with Gasteiger partial charge < -0.3 is 14.8 Å². The SMILES string of the molecule is CCCC1=C(C(=O)OCC)C(c2ccc(Cl)cc2)C2=C(CC(C)C(C(=O)OCC)C2=O)N1. The smallest absolute Gasteiger partial charge is 0.336 e. The zero-order chi connectivity index (χ0) is 23.4. The summed E-state index contributed by atoms with van der Waals surface area (Å²) in [6.45, 7) is 7.81. The van der Waals surface area contributed by atoms with Crippen molar-refractivity contribution in [3.05, 3.63) is 57.4 Å². The second-order valence-corrected chi connectivity index (χ2v) is 8.58. The van der Waals surface area contributed by atoms with Crippen LogP contribution in [-0.2, 0) is 23.9 Å². The lowest BCUT2D eigenvalue weighted by Crippen LogP contribution is -2.43. The zero-order valence-electron chi connectivity index (χ0n) is 19.0. The molecule has 6 nitrogen and oxygen atoms in total. The van der Waals surface area contributed by atoms with Crippen LogP contribution in [0.25, 0.3) is 0 Å². The molecule has 0 bridgehead atoms. The van der Waals surface area contributed by atoms with Crippen molar-refractivity contribution in [2.75, 3.05) is 13.2 Å². The van der Waals surface area contributed by atoms with Gasteiger partial charge in [-0.3, -0.25) is 9.59 Å². The molecule has 32 heavy (non-hydrogen) atoms. The quantitative estimate of drug-likeness (QED) is 0.470. The molecule has 0 spiro atoms. The number of carbonyl (C=O) groups is 3. The fraction of sp³-hybridized carbons (Fsp3) is 0.480.